The summed E-state index contributed by atoms with van der Waals surface area (Å²) in [5.74, 6) is 1.07. The number of rotatable bonds is 5. The predicted molar refractivity (Wildman–Crippen MR) is 71.9 cm³/mol. The van der Waals surface area contributed by atoms with Gasteiger partial charge in [-0.3, -0.25) is 4.79 Å². The van der Waals surface area contributed by atoms with Gasteiger partial charge in [0, 0.05) is 25.2 Å². The zero-order chi connectivity index (χ0) is 13.7. The van der Waals surface area contributed by atoms with Crippen LogP contribution < -0.4 is 0 Å². The molecular formula is C14H21N3O2. The predicted octanol–water partition coefficient (Wildman–Crippen LogP) is 1.59. The number of hydrogen-bond acceptors (Lipinski definition) is 4. The van der Waals surface area contributed by atoms with Gasteiger partial charge in [-0.15, -0.1) is 0 Å². The highest BCUT2D eigenvalue weighted by atomic mass is 16.3. The van der Waals surface area contributed by atoms with E-state index in [2.05, 4.69) is 9.97 Å². The van der Waals surface area contributed by atoms with Crippen LogP contribution >= 0.6 is 0 Å². The van der Waals surface area contributed by atoms with Crippen LogP contribution in [0, 0.1) is 0 Å². The minimum absolute atomic E-state index is 0.0276. The van der Waals surface area contributed by atoms with Gasteiger partial charge in [0.15, 0.2) is 0 Å². The van der Waals surface area contributed by atoms with Gasteiger partial charge in [0.1, 0.15) is 11.5 Å². The van der Waals surface area contributed by atoms with Gasteiger partial charge < -0.3 is 10.0 Å². The molecule has 1 N–H and O–H groups in total. The maximum Gasteiger partial charge on any atom is 0.272 e. The smallest absolute Gasteiger partial charge is 0.272 e. The number of hydrogen-bond donors (Lipinski definition) is 1. The molecule has 19 heavy (non-hydrogen) atoms. The third-order valence-electron chi connectivity index (χ3n) is 3.65. The summed E-state index contributed by atoms with van der Waals surface area (Å²) in [6, 6.07) is 1.65. The van der Waals surface area contributed by atoms with Crippen molar-refractivity contribution >= 4 is 5.91 Å². The van der Waals surface area contributed by atoms with Gasteiger partial charge in [-0.25, -0.2) is 9.97 Å². The van der Waals surface area contributed by atoms with Crippen LogP contribution in [-0.4, -0.2) is 45.6 Å². The van der Waals surface area contributed by atoms with Crippen LogP contribution in [0.5, 0.6) is 0 Å². The molecule has 0 aliphatic heterocycles. The van der Waals surface area contributed by atoms with E-state index in [9.17, 15) is 4.79 Å². The molecule has 1 heterocycles. The van der Waals surface area contributed by atoms with E-state index < -0.39 is 0 Å². The number of aromatic nitrogens is 2. The van der Waals surface area contributed by atoms with Crippen molar-refractivity contribution in [2.24, 2.45) is 0 Å². The molecule has 1 aromatic heterocycles. The number of carbonyl (C=O) groups excluding carboxylic acids is 1. The second kappa shape index (κ2) is 6.61. The van der Waals surface area contributed by atoms with E-state index in [1.807, 2.05) is 6.92 Å². The number of likely N-dealkylation sites (N-methyl/N-ethyl adjacent to an activating group) is 1. The second-order valence-electron chi connectivity index (χ2n) is 4.89. The zero-order valence-corrected chi connectivity index (χ0v) is 11.4. The fraction of sp³-hybridized carbons (Fsp3) is 0.643. The number of nitrogens with zero attached hydrogens (tertiary/aromatic N) is 3. The summed E-state index contributed by atoms with van der Waals surface area (Å²) >= 11 is 0. The molecule has 0 saturated heterocycles. The maximum absolute atomic E-state index is 12.3. The molecule has 2 rings (SSSR count). The van der Waals surface area contributed by atoms with Gasteiger partial charge in [0.2, 0.25) is 0 Å². The Morgan fingerprint density at radius 3 is 2.84 bits per heavy atom. The van der Waals surface area contributed by atoms with Gasteiger partial charge in [-0.05, 0) is 25.8 Å². The number of aliphatic hydroxyl groups excluding tert-OH is 1. The van der Waals surface area contributed by atoms with E-state index in [1.54, 1.807) is 17.2 Å². The van der Waals surface area contributed by atoms with Crippen molar-refractivity contribution in [1.82, 2.24) is 14.9 Å². The highest BCUT2D eigenvalue weighted by Gasteiger charge is 2.22. The average molecular weight is 263 g/mol. The third kappa shape index (κ3) is 3.29. The van der Waals surface area contributed by atoms with Crippen molar-refractivity contribution in [3.05, 3.63) is 23.8 Å². The van der Waals surface area contributed by atoms with Gasteiger partial charge in [0.05, 0.1) is 6.61 Å². The minimum Gasteiger partial charge on any atom is -0.395 e. The van der Waals surface area contributed by atoms with E-state index >= 15 is 0 Å². The summed E-state index contributed by atoms with van der Waals surface area (Å²) in [6.45, 7) is 2.78. The van der Waals surface area contributed by atoms with Crippen LogP contribution in [0.1, 0.15) is 54.8 Å². The van der Waals surface area contributed by atoms with Gasteiger partial charge in [0.25, 0.3) is 5.91 Å². The molecule has 1 aliphatic carbocycles. The first-order valence-corrected chi connectivity index (χ1v) is 6.99. The molecule has 0 unspecified atom stereocenters. The summed E-state index contributed by atoms with van der Waals surface area (Å²) in [4.78, 5) is 22.6. The van der Waals surface area contributed by atoms with E-state index in [0.717, 1.165) is 18.7 Å². The monoisotopic (exact) mass is 263 g/mol. The summed E-state index contributed by atoms with van der Waals surface area (Å²) in [5, 5.41) is 8.96. The van der Waals surface area contributed by atoms with Crippen LogP contribution in [0.25, 0.3) is 0 Å². The molecule has 0 bridgehead atoms. The van der Waals surface area contributed by atoms with Crippen molar-refractivity contribution in [2.75, 3.05) is 19.7 Å². The Morgan fingerprint density at radius 2 is 2.21 bits per heavy atom. The van der Waals surface area contributed by atoms with Crippen LogP contribution in [-0.2, 0) is 0 Å². The van der Waals surface area contributed by atoms with Gasteiger partial charge in [-0.2, -0.15) is 0 Å². The average Bonchev–Trinajstić information content (AvgIpc) is 2.98. The lowest BCUT2D eigenvalue weighted by molar-refractivity contribution is 0.0725. The van der Waals surface area contributed by atoms with Crippen molar-refractivity contribution in [3.63, 3.8) is 0 Å². The van der Waals surface area contributed by atoms with Gasteiger partial charge in [-0.1, -0.05) is 12.8 Å². The van der Waals surface area contributed by atoms with Crippen LogP contribution in [0.4, 0.5) is 0 Å². The molecule has 0 aromatic carbocycles. The lowest BCUT2D eigenvalue weighted by Gasteiger charge is -2.19. The maximum atomic E-state index is 12.3. The molecule has 1 aromatic rings. The molecule has 0 spiro atoms. The van der Waals surface area contributed by atoms with E-state index in [1.165, 1.54) is 12.8 Å². The summed E-state index contributed by atoms with van der Waals surface area (Å²) in [6.07, 6.45) is 6.34. The second-order valence-corrected chi connectivity index (χ2v) is 4.89. The molecule has 0 radical (unpaired) electrons. The van der Waals surface area contributed by atoms with E-state index in [4.69, 9.17) is 5.11 Å². The molecule has 1 aliphatic rings. The molecule has 1 saturated carbocycles. The highest BCUT2D eigenvalue weighted by Crippen LogP contribution is 2.31. The quantitative estimate of drug-likeness (QED) is 0.876. The number of carbonyl (C=O) groups is 1. The Labute approximate surface area is 113 Å². The Balaban J connectivity index is 2.15. The largest absolute Gasteiger partial charge is 0.395 e. The van der Waals surface area contributed by atoms with Crippen molar-refractivity contribution < 1.29 is 9.90 Å². The Morgan fingerprint density at radius 1 is 1.47 bits per heavy atom. The van der Waals surface area contributed by atoms with Crippen LogP contribution in [0.2, 0.25) is 0 Å². The first-order valence-electron chi connectivity index (χ1n) is 6.99. The topological polar surface area (TPSA) is 66.3 Å². The zero-order valence-electron chi connectivity index (χ0n) is 11.4. The Hall–Kier alpha value is -1.49. The van der Waals surface area contributed by atoms with Crippen molar-refractivity contribution in [1.29, 1.82) is 0 Å². The first kappa shape index (κ1) is 13.9. The normalized spacial score (nSPS) is 15.7. The fourth-order valence-corrected chi connectivity index (χ4v) is 2.56. The standard InChI is InChI=1S/C14H21N3O2/c1-2-17(9-10-18)14(19)12-7-8-15-13(16-12)11-5-3-4-6-11/h7-8,11,18H,2-6,9-10H2,1H3. The number of aliphatic hydroxyl groups is 1. The molecular weight excluding hydrogens is 242 g/mol. The third-order valence-corrected chi connectivity index (χ3v) is 3.65. The Kier molecular flexibility index (Phi) is 4.85. The van der Waals surface area contributed by atoms with Gasteiger partial charge >= 0.3 is 0 Å². The van der Waals surface area contributed by atoms with E-state index in [0.29, 0.717) is 24.7 Å². The molecule has 5 nitrogen and oxygen atoms in total. The minimum atomic E-state index is -0.127. The molecule has 1 fully saturated rings. The summed E-state index contributed by atoms with van der Waals surface area (Å²) in [5.41, 5.74) is 0.437. The lowest BCUT2D eigenvalue weighted by atomic mass is 10.1. The summed E-state index contributed by atoms with van der Waals surface area (Å²) < 4.78 is 0. The SMILES string of the molecule is CCN(CCO)C(=O)c1ccnc(C2CCCC2)n1. The molecule has 5 heteroatoms. The summed E-state index contributed by atoms with van der Waals surface area (Å²) in [7, 11) is 0. The highest BCUT2D eigenvalue weighted by molar-refractivity contribution is 5.92. The first-order chi connectivity index (χ1) is 9.26. The fourth-order valence-electron chi connectivity index (χ4n) is 2.56. The van der Waals surface area contributed by atoms with Crippen molar-refractivity contribution in [3.8, 4) is 0 Å². The van der Waals surface area contributed by atoms with Crippen LogP contribution in [0.3, 0.4) is 0 Å². The van der Waals surface area contributed by atoms with Crippen molar-refractivity contribution in [2.45, 2.75) is 38.5 Å². The molecule has 0 atom stereocenters. The van der Waals surface area contributed by atoms with Crippen LogP contribution in [0.15, 0.2) is 12.3 Å². The lowest BCUT2D eigenvalue weighted by Crippen LogP contribution is -2.34. The Bertz CT molecular complexity index is 430. The van der Waals surface area contributed by atoms with E-state index in [-0.39, 0.29) is 12.5 Å². The molecule has 1 amide bonds. The molecule has 104 valence electrons. The number of amides is 1.